The van der Waals surface area contributed by atoms with E-state index in [2.05, 4.69) is 163 Å². The first kappa shape index (κ1) is 30.2. The summed E-state index contributed by atoms with van der Waals surface area (Å²) in [6, 6.07) is 53.1. The molecule has 0 atom stereocenters. The zero-order valence-electron chi connectivity index (χ0n) is 26.5. The molecule has 0 fully saturated rings. The van der Waals surface area contributed by atoms with Crippen molar-refractivity contribution in [2.24, 2.45) is 4.99 Å². The Labute approximate surface area is 282 Å². The minimum atomic E-state index is 0.918. The molecule has 0 unspecified atom stereocenters. The highest BCUT2D eigenvalue weighted by Crippen LogP contribution is 2.35. The highest BCUT2D eigenvalue weighted by molar-refractivity contribution is 5.83. The zero-order valence-corrected chi connectivity index (χ0v) is 26.5. The van der Waals surface area contributed by atoms with E-state index in [1.165, 1.54) is 0 Å². The molecule has 0 spiro atoms. The fourth-order valence-corrected chi connectivity index (χ4v) is 5.97. The Kier molecular flexibility index (Phi) is 8.75. The van der Waals surface area contributed by atoms with Gasteiger partial charge in [0, 0.05) is 35.3 Å². The zero-order chi connectivity index (χ0) is 32.7. The molecule has 5 aromatic carbocycles. The van der Waals surface area contributed by atoms with Crippen LogP contribution in [0.5, 0.6) is 0 Å². The number of hydrogen-bond acceptors (Lipinski definition) is 3. The van der Waals surface area contributed by atoms with Gasteiger partial charge in [0.25, 0.3) is 0 Å². The van der Waals surface area contributed by atoms with Gasteiger partial charge in [-0.15, -0.1) is 0 Å². The Balaban J connectivity index is 1.31. The largest absolute Gasteiger partial charge is 0.272 e. The van der Waals surface area contributed by atoms with Crippen molar-refractivity contribution in [3.05, 3.63) is 188 Å². The topological polar surface area (TPSA) is 38.1 Å². The van der Waals surface area contributed by atoms with Crippen molar-refractivity contribution >= 4 is 12.3 Å². The van der Waals surface area contributed by atoms with Crippen LogP contribution >= 0.6 is 0 Å². The SMILES string of the molecule is C=C/C(=C\N=C)c1cccc(-c2cccc(-c3cc(-c4ccccc4)nc(-c4cccc(-c5cccc(-c6cccnc6)c5)c4)c3)c2)c1. The predicted octanol–water partition coefficient (Wildman–Crippen LogP) is 11.7. The van der Waals surface area contributed by atoms with Gasteiger partial charge >= 0.3 is 0 Å². The average molecular weight is 616 g/mol. The summed E-state index contributed by atoms with van der Waals surface area (Å²) in [5, 5.41) is 0. The van der Waals surface area contributed by atoms with Crippen LogP contribution in [-0.4, -0.2) is 16.7 Å². The Hall–Kier alpha value is -6.45. The Morgan fingerprint density at radius 2 is 0.979 bits per heavy atom. The van der Waals surface area contributed by atoms with Gasteiger partial charge in [-0.3, -0.25) is 9.98 Å². The predicted molar refractivity (Wildman–Crippen MR) is 202 cm³/mol. The second kappa shape index (κ2) is 13.9. The van der Waals surface area contributed by atoms with Crippen molar-refractivity contribution in [1.29, 1.82) is 0 Å². The summed E-state index contributed by atoms with van der Waals surface area (Å²) >= 11 is 0. The lowest BCUT2D eigenvalue weighted by Crippen LogP contribution is -1.92. The number of benzene rings is 5. The molecule has 0 aliphatic carbocycles. The van der Waals surface area contributed by atoms with E-state index in [0.717, 1.165) is 78.2 Å². The van der Waals surface area contributed by atoms with E-state index >= 15 is 0 Å². The Morgan fingerprint density at radius 1 is 0.479 bits per heavy atom. The first-order valence-electron chi connectivity index (χ1n) is 15.9. The summed E-state index contributed by atoms with van der Waals surface area (Å²) in [5.41, 5.74) is 14.9. The molecule has 7 rings (SSSR count). The maximum absolute atomic E-state index is 5.20. The molecule has 2 heterocycles. The minimum absolute atomic E-state index is 0.918. The highest BCUT2D eigenvalue weighted by Gasteiger charge is 2.12. The molecular weight excluding hydrogens is 583 g/mol. The molecule has 3 nitrogen and oxygen atoms in total. The van der Waals surface area contributed by atoms with Gasteiger partial charge in [-0.2, -0.15) is 0 Å². The number of allylic oxidation sites excluding steroid dienone is 2. The molecule has 0 N–H and O–H groups in total. The monoisotopic (exact) mass is 615 g/mol. The van der Waals surface area contributed by atoms with Crippen LogP contribution in [0.4, 0.5) is 0 Å². The second-order valence-electron chi connectivity index (χ2n) is 11.5. The molecular formula is C45H33N3. The van der Waals surface area contributed by atoms with Crippen LogP contribution in [0.1, 0.15) is 5.56 Å². The smallest absolute Gasteiger partial charge is 0.0715 e. The number of aromatic nitrogens is 2. The van der Waals surface area contributed by atoms with E-state index in [4.69, 9.17) is 4.98 Å². The van der Waals surface area contributed by atoms with Crippen LogP contribution in [0.25, 0.3) is 72.6 Å². The summed E-state index contributed by atoms with van der Waals surface area (Å²) in [6.45, 7) is 7.56. The third-order valence-corrected chi connectivity index (χ3v) is 8.42. The second-order valence-corrected chi connectivity index (χ2v) is 11.5. The highest BCUT2D eigenvalue weighted by atomic mass is 14.7. The van der Waals surface area contributed by atoms with E-state index < -0.39 is 0 Å². The first-order chi connectivity index (χ1) is 23.7. The summed E-state index contributed by atoms with van der Waals surface area (Å²) in [4.78, 5) is 13.5. The molecule has 228 valence electrons. The third kappa shape index (κ3) is 6.57. The summed E-state index contributed by atoms with van der Waals surface area (Å²) in [6.07, 6.45) is 7.24. The maximum Gasteiger partial charge on any atom is 0.0715 e. The summed E-state index contributed by atoms with van der Waals surface area (Å²) in [5.74, 6) is 0. The van der Waals surface area contributed by atoms with E-state index in [1.807, 2.05) is 18.3 Å². The molecule has 0 radical (unpaired) electrons. The molecule has 0 aliphatic rings. The van der Waals surface area contributed by atoms with Crippen LogP contribution in [-0.2, 0) is 0 Å². The first-order valence-corrected chi connectivity index (χ1v) is 15.9. The number of pyridine rings is 2. The molecule has 48 heavy (non-hydrogen) atoms. The fraction of sp³-hybridized carbons (Fsp3) is 0. The normalized spacial score (nSPS) is 11.2. The van der Waals surface area contributed by atoms with Crippen LogP contribution in [0.3, 0.4) is 0 Å². The van der Waals surface area contributed by atoms with Crippen molar-refractivity contribution in [3.8, 4) is 67.0 Å². The van der Waals surface area contributed by atoms with Gasteiger partial charge in [0.05, 0.1) is 11.4 Å². The lowest BCUT2D eigenvalue weighted by atomic mass is 9.94. The molecule has 7 aromatic rings. The third-order valence-electron chi connectivity index (χ3n) is 8.42. The standard InChI is InChI=1S/C45H33N3/c1-3-32(30-46-2)34-14-7-15-35(24-34)37-17-9-20-40(26-37)43-28-44(33-12-5-4-6-13-33)48-45(29-43)41-21-10-18-38(27-41)36-16-8-19-39(25-36)42-22-11-23-47-31-42/h3-31H,1-2H2/b32-30+. The lowest BCUT2D eigenvalue weighted by molar-refractivity contribution is 1.32. The summed E-state index contributed by atoms with van der Waals surface area (Å²) < 4.78 is 0. The molecule has 0 amide bonds. The van der Waals surface area contributed by atoms with Crippen molar-refractivity contribution in [2.75, 3.05) is 0 Å². The van der Waals surface area contributed by atoms with Gasteiger partial charge in [0.2, 0.25) is 0 Å². The Bertz CT molecular complexity index is 2270. The van der Waals surface area contributed by atoms with Crippen LogP contribution < -0.4 is 0 Å². The number of rotatable bonds is 9. The number of nitrogens with zero attached hydrogens (tertiary/aromatic N) is 3. The summed E-state index contributed by atoms with van der Waals surface area (Å²) in [7, 11) is 0. The van der Waals surface area contributed by atoms with Crippen molar-refractivity contribution in [3.63, 3.8) is 0 Å². The minimum Gasteiger partial charge on any atom is -0.272 e. The van der Waals surface area contributed by atoms with Gasteiger partial charge in [0.15, 0.2) is 0 Å². The van der Waals surface area contributed by atoms with E-state index in [1.54, 1.807) is 18.5 Å². The molecule has 3 heteroatoms. The van der Waals surface area contributed by atoms with Gasteiger partial charge in [-0.25, -0.2) is 4.98 Å². The van der Waals surface area contributed by atoms with Gasteiger partial charge in [-0.1, -0.05) is 122 Å². The fourth-order valence-electron chi connectivity index (χ4n) is 5.97. The van der Waals surface area contributed by atoms with Crippen molar-refractivity contribution < 1.29 is 0 Å². The van der Waals surface area contributed by atoms with Gasteiger partial charge in [0.1, 0.15) is 0 Å². The molecule has 0 saturated carbocycles. The van der Waals surface area contributed by atoms with Crippen LogP contribution in [0, 0.1) is 0 Å². The Morgan fingerprint density at radius 3 is 1.58 bits per heavy atom. The maximum atomic E-state index is 5.20. The van der Waals surface area contributed by atoms with E-state index in [9.17, 15) is 0 Å². The molecule has 0 aliphatic heterocycles. The van der Waals surface area contributed by atoms with Crippen LogP contribution in [0.2, 0.25) is 0 Å². The van der Waals surface area contributed by atoms with E-state index in [0.29, 0.717) is 0 Å². The van der Waals surface area contributed by atoms with Crippen LogP contribution in [0.15, 0.2) is 188 Å². The quantitative estimate of drug-likeness (QED) is 0.120. The lowest BCUT2D eigenvalue weighted by Gasteiger charge is -2.13. The number of aliphatic imine (C=N–C) groups is 1. The number of hydrogen-bond donors (Lipinski definition) is 0. The molecule has 2 aromatic heterocycles. The molecule has 0 saturated heterocycles. The molecule has 0 bridgehead atoms. The van der Waals surface area contributed by atoms with E-state index in [-0.39, 0.29) is 0 Å². The van der Waals surface area contributed by atoms with Gasteiger partial charge < -0.3 is 0 Å². The van der Waals surface area contributed by atoms with Crippen molar-refractivity contribution in [2.45, 2.75) is 0 Å². The average Bonchev–Trinajstić information content (AvgIpc) is 3.17. The van der Waals surface area contributed by atoms with Crippen molar-refractivity contribution in [1.82, 2.24) is 9.97 Å². The van der Waals surface area contributed by atoms with Gasteiger partial charge in [-0.05, 0) is 99.3 Å².